The van der Waals surface area contributed by atoms with Crippen molar-refractivity contribution in [1.29, 1.82) is 0 Å². The van der Waals surface area contributed by atoms with Gasteiger partial charge in [-0.1, -0.05) is 42.0 Å². The molecule has 0 spiro atoms. The number of nitrogens with zero attached hydrogens (tertiary/aromatic N) is 2. The van der Waals surface area contributed by atoms with Crippen molar-refractivity contribution in [2.24, 2.45) is 0 Å². The minimum absolute atomic E-state index is 0.144. The quantitative estimate of drug-likeness (QED) is 0.578. The molecule has 0 aliphatic carbocycles. The predicted molar refractivity (Wildman–Crippen MR) is 113 cm³/mol. The van der Waals surface area contributed by atoms with E-state index in [1.165, 1.54) is 4.57 Å². The maximum atomic E-state index is 12.3. The Morgan fingerprint density at radius 2 is 1.97 bits per heavy atom. The van der Waals surface area contributed by atoms with Gasteiger partial charge in [0.05, 0.1) is 5.56 Å². The summed E-state index contributed by atoms with van der Waals surface area (Å²) in [4.78, 5) is 28.7. The highest BCUT2D eigenvalue weighted by atomic mass is 32.1. The van der Waals surface area contributed by atoms with Gasteiger partial charge in [-0.25, -0.2) is 4.79 Å². The number of nitrogens with one attached hydrogen (secondary N) is 1. The number of hydrogen-bond donors (Lipinski definition) is 2. The van der Waals surface area contributed by atoms with Gasteiger partial charge in [-0.2, -0.15) is 0 Å². The summed E-state index contributed by atoms with van der Waals surface area (Å²) in [6, 6.07) is 9.51. The average Bonchev–Trinajstić information content (AvgIpc) is 2.73. The highest BCUT2D eigenvalue weighted by Gasteiger charge is 2.21. The van der Waals surface area contributed by atoms with Crippen molar-refractivity contribution < 1.29 is 14.6 Å². The molecule has 1 aromatic heterocycles. The number of amides is 1. The van der Waals surface area contributed by atoms with E-state index in [9.17, 15) is 14.7 Å². The van der Waals surface area contributed by atoms with Crippen LogP contribution in [0.2, 0.25) is 0 Å². The SMILES string of the molecule is C=CCn1c(O)c(C=C2CCN(C(=O)OCc3ccccc3)CC2)c(=O)[nH]c1=S. The van der Waals surface area contributed by atoms with Crippen LogP contribution >= 0.6 is 12.2 Å². The summed E-state index contributed by atoms with van der Waals surface area (Å²) in [5, 5.41) is 10.4. The van der Waals surface area contributed by atoms with Gasteiger partial charge in [-0.05, 0) is 36.7 Å². The molecule has 0 atom stereocenters. The van der Waals surface area contributed by atoms with Gasteiger partial charge in [-0.3, -0.25) is 14.3 Å². The first-order valence-corrected chi connectivity index (χ1v) is 9.72. The fourth-order valence-electron chi connectivity index (χ4n) is 3.14. The Hall–Kier alpha value is -3.13. The Labute approximate surface area is 173 Å². The van der Waals surface area contributed by atoms with Crippen LogP contribution in [0.3, 0.4) is 0 Å². The fraction of sp³-hybridized carbons (Fsp3) is 0.286. The lowest BCUT2D eigenvalue weighted by Crippen LogP contribution is -2.36. The van der Waals surface area contributed by atoms with Gasteiger partial charge in [-0.15, -0.1) is 6.58 Å². The lowest BCUT2D eigenvalue weighted by atomic mass is 10.0. The van der Waals surface area contributed by atoms with Crippen LogP contribution < -0.4 is 5.56 Å². The van der Waals surface area contributed by atoms with Gasteiger partial charge in [0, 0.05) is 19.6 Å². The van der Waals surface area contributed by atoms with Gasteiger partial charge < -0.3 is 14.7 Å². The van der Waals surface area contributed by atoms with Crippen LogP contribution in [0.25, 0.3) is 6.08 Å². The van der Waals surface area contributed by atoms with Crippen molar-refractivity contribution >= 4 is 24.4 Å². The maximum absolute atomic E-state index is 12.3. The van der Waals surface area contributed by atoms with Gasteiger partial charge in [0.25, 0.3) is 5.56 Å². The van der Waals surface area contributed by atoms with Crippen LogP contribution in [0.4, 0.5) is 4.79 Å². The van der Waals surface area contributed by atoms with Gasteiger partial charge in [0.15, 0.2) is 4.77 Å². The van der Waals surface area contributed by atoms with E-state index < -0.39 is 5.56 Å². The minimum atomic E-state index is -0.440. The summed E-state index contributed by atoms with van der Waals surface area (Å²) in [6.45, 7) is 5.14. The number of aromatic hydroxyl groups is 1. The molecular weight excluding hydrogens is 390 g/mol. The van der Waals surface area contributed by atoms with E-state index >= 15 is 0 Å². The van der Waals surface area contributed by atoms with Gasteiger partial charge in [0.1, 0.15) is 6.61 Å². The molecular formula is C21H23N3O4S. The molecule has 1 saturated heterocycles. The molecule has 1 aromatic carbocycles. The van der Waals surface area contributed by atoms with Crippen LogP contribution in [0.15, 0.2) is 53.4 Å². The molecule has 1 aliphatic heterocycles. The van der Waals surface area contributed by atoms with E-state index in [0.717, 1.165) is 11.1 Å². The summed E-state index contributed by atoms with van der Waals surface area (Å²) in [5.74, 6) is -0.184. The molecule has 0 radical (unpaired) electrons. The van der Waals surface area contributed by atoms with E-state index in [2.05, 4.69) is 11.6 Å². The van der Waals surface area contributed by atoms with Crippen molar-refractivity contribution in [2.45, 2.75) is 26.0 Å². The van der Waals surface area contributed by atoms with Crippen LogP contribution in [0.1, 0.15) is 24.0 Å². The monoisotopic (exact) mass is 413 g/mol. The highest BCUT2D eigenvalue weighted by Crippen LogP contribution is 2.23. The lowest BCUT2D eigenvalue weighted by Gasteiger charge is -2.27. The number of allylic oxidation sites excluding steroid dienone is 1. The predicted octanol–water partition coefficient (Wildman–Crippen LogP) is 3.61. The Kier molecular flexibility index (Phi) is 6.66. The number of piperidine rings is 1. The number of carbonyl (C=O) groups is 1. The number of aromatic nitrogens is 2. The van der Waals surface area contributed by atoms with Crippen LogP contribution in [-0.2, 0) is 17.9 Å². The molecule has 2 aromatic rings. The number of aromatic amines is 1. The Morgan fingerprint density at radius 3 is 2.62 bits per heavy atom. The molecule has 1 fully saturated rings. The molecule has 152 valence electrons. The second kappa shape index (κ2) is 9.38. The molecule has 8 heteroatoms. The molecule has 29 heavy (non-hydrogen) atoms. The van der Waals surface area contributed by atoms with Crippen LogP contribution in [-0.4, -0.2) is 38.7 Å². The summed E-state index contributed by atoms with van der Waals surface area (Å²) in [7, 11) is 0. The largest absolute Gasteiger partial charge is 0.494 e. The number of ether oxygens (including phenoxy) is 1. The summed E-state index contributed by atoms with van der Waals surface area (Å²) >= 11 is 5.08. The second-order valence-electron chi connectivity index (χ2n) is 6.73. The molecule has 2 heterocycles. The molecule has 3 rings (SSSR count). The molecule has 1 amide bonds. The van der Waals surface area contributed by atoms with Gasteiger partial charge in [0.2, 0.25) is 5.88 Å². The van der Waals surface area contributed by atoms with Crippen molar-refractivity contribution in [3.63, 3.8) is 0 Å². The van der Waals surface area contributed by atoms with Gasteiger partial charge >= 0.3 is 6.09 Å². The topological polar surface area (TPSA) is 87.6 Å². The van der Waals surface area contributed by atoms with Crippen LogP contribution in [0, 0.1) is 4.77 Å². The molecule has 7 nitrogen and oxygen atoms in total. The summed E-state index contributed by atoms with van der Waals surface area (Å²) in [5.41, 5.74) is 1.63. The maximum Gasteiger partial charge on any atom is 0.410 e. The third kappa shape index (κ3) is 5.03. The number of rotatable bonds is 5. The second-order valence-corrected chi connectivity index (χ2v) is 7.11. The van der Waals surface area contributed by atoms with E-state index in [4.69, 9.17) is 17.0 Å². The number of benzene rings is 1. The van der Waals surface area contributed by atoms with Crippen molar-refractivity contribution in [3.8, 4) is 5.88 Å². The molecule has 0 bridgehead atoms. The Balaban J connectivity index is 1.65. The Bertz CT molecular complexity index is 1030. The minimum Gasteiger partial charge on any atom is -0.494 e. The Morgan fingerprint density at radius 1 is 1.28 bits per heavy atom. The van der Waals surface area contributed by atoms with Crippen molar-refractivity contribution in [3.05, 3.63) is 74.8 Å². The van der Waals surface area contributed by atoms with Crippen molar-refractivity contribution in [1.82, 2.24) is 14.5 Å². The first-order chi connectivity index (χ1) is 14.0. The molecule has 1 aliphatic rings. The fourth-order valence-corrected chi connectivity index (χ4v) is 3.39. The van der Waals surface area contributed by atoms with E-state index in [-0.39, 0.29) is 28.9 Å². The number of likely N-dealkylation sites (tertiary alicyclic amines) is 1. The summed E-state index contributed by atoms with van der Waals surface area (Å²) < 4.78 is 6.92. The smallest absolute Gasteiger partial charge is 0.410 e. The zero-order valence-electron chi connectivity index (χ0n) is 16.0. The third-order valence-electron chi connectivity index (χ3n) is 4.74. The van der Waals surface area contributed by atoms with E-state index in [0.29, 0.717) is 32.5 Å². The first-order valence-electron chi connectivity index (χ1n) is 9.31. The summed E-state index contributed by atoms with van der Waals surface area (Å²) in [6.07, 6.45) is 4.10. The zero-order valence-corrected chi connectivity index (χ0v) is 16.8. The molecule has 0 unspecified atom stereocenters. The van der Waals surface area contributed by atoms with E-state index in [1.807, 2.05) is 30.3 Å². The molecule has 0 saturated carbocycles. The molecule has 2 N–H and O–H groups in total. The standard InChI is InChI=1S/C21H23N3O4S/c1-2-10-24-19(26)17(18(25)22-20(24)29)13-15-8-11-23(12-9-15)21(27)28-14-16-6-4-3-5-7-16/h2-7,13,26H,1,8-12,14H2,(H,22,25,29). The normalized spacial score (nSPS) is 13.8. The lowest BCUT2D eigenvalue weighted by molar-refractivity contribution is 0.0936. The average molecular weight is 413 g/mol. The third-order valence-corrected chi connectivity index (χ3v) is 5.06. The van der Waals surface area contributed by atoms with Crippen molar-refractivity contribution in [2.75, 3.05) is 13.1 Å². The van der Waals surface area contributed by atoms with E-state index in [1.54, 1.807) is 17.1 Å². The number of H-pyrrole nitrogens is 1. The first kappa shape index (κ1) is 20.6. The van der Waals surface area contributed by atoms with Crippen LogP contribution in [0.5, 0.6) is 5.88 Å². The number of hydrogen-bond acceptors (Lipinski definition) is 5. The zero-order chi connectivity index (χ0) is 20.8. The number of carbonyl (C=O) groups excluding carboxylic acids is 1. The highest BCUT2D eigenvalue weighted by molar-refractivity contribution is 7.71.